The van der Waals surface area contributed by atoms with E-state index < -0.39 is 0 Å². The molecule has 1 amide bonds. The minimum absolute atomic E-state index is 0.150. The molecule has 20 heavy (non-hydrogen) atoms. The second kappa shape index (κ2) is 7.22. The number of aryl methyl sites for hydroxylation is 1. The van der Waals surface area contributed by atoms with Gasteiger partial charge in [0.15, 0.2) is 0 Å². The van der Waals surface area contributed by atoms with Crippen LogP contribution in [0.2, 0.25) is 0 Å². The van der Waals surface area contributed by atoms with Crippen molar-refractivity contribution in [3.05, 3.63) is 52.2 Å². The number of benzene rings is 1. The Morgan fingerprint density at radius 3 is 2.60 bits per heavy atom. The van der Waals surface area contributed by atoms with Crippen LogP contribution in [0, 0.1) is 6.92 Å². The van der Waals surface area contributed by atoms with E-state index in [-0.39, 0.29) is 5.91 Å². The lowest BCUT2D eigenvalue weighted by Gasteiger charge is -2.22. The average Bonchev–Trinajstić information content (AvgIpc) is 2.96. The third-order valence-electron chi connectivity index (χ3n) is 3.13. The van der Waals surface area contributed by atoms with Crippen molar-refractivity contribution >= 4 is 22.9 Å². The molecule has 1 N–H and O–H groups in total. The Hall–Kier alpha value is -1.65. The lowest BCUT2D eigenvalue weighted by Crippen LogP contribution is -2.32. The molecule has 0 aliphatic rings. The van der Waals surface area contributed by atoms with E-state index in [4.69, 9.17) is 0 Å². The Morgan fingerprint density at radius 2 is 2.00 bits per heavy atom. The average molecular weight is 288 g/mol. The summed E-state index contributed by atoms with van der Waals surface area (Å²) in [6.07, 6.45) is 0.510. The van der Waals surface area contributed by atoms with Crippen molar-refractivity contribution in [1.29, 1.82) is 0 Å². The standard InChI is InChI=1S/C16H20N2OS/c1-13-5-7-14(8-6-13)18(16(19)9-10-17-2)12-15-4-3-11-20-15/h3-8,11,17H,9-10,12H2,1-2H3. The number of amides is 1. The van der Waals surface area contributed by atoms with Gasteiger partial charge in [-0.1, -0.05) is 23.8 Å². The summed E-state index contributed by atoms with van der Waals surface area (Å²) in [4.78, 5) is 15.5. The molecule has 0 spiro atoms. The molecule has 0 unspecified atom stereocenters. The van der Waals surface area contributed by atoms with Crippen molar-refractivity contribution in [1.82, 2.24) is 5.32 Å². The second-order valence-electron chi connectivity index (χ2n) is 4.75. The molecule has 0 radical (unpaired) electrons. The smallest absolute Gasteiger partial charge is 0.228 e. The Labute approximate surface area is 124 Å². The van der Waals surface area contributed by atoms with Gasteiger partial charge in [-0.25, -0.2) is 0 Å². The van der Waals surface area contributed by atoms with Crippen LogP contribution in [0.25, 0.3) is 0 Å². The van der Waals surface area contributed by atoms with Crippen LogP contribution in [0.5, 0.6) is 0 Å². The van der Waals surface area contributed by atoms with Crippen LogP contribution in [0.4, 0.5) is 5.69 Å². The first-order chi connectivity index (χ1) is 9.70. The zero-order valence-electron chi connectivity index (χ0n) is 11.9. The fraction of sp³-hybridized carbons (Fsp3) is 0.312. The van der Waals surface area contributed by atoms with Gasteiger partial charge in [0.25, 0.3) is 0 Å². The van der Waals surface area contributed by atoms with Gasteiger partial charge in [-0.15, -0.1) is 11.3 Å². The quantitative estimate of drug-likeness (QED) is 0.885. The SMILES string of the molecule is CNCCC(=O)N(Cc1cccs1)c1ccc(C)cc1. The van der Waals surface area contributed by atoms with Crippen molar-refractivity contribution in [3.63, 3.8) is 0 Å². The first-order valence-corrected chi connectivity index (χ1v) is 7.62. The molecule has 0 aliphatic carbocycles. The minimum atomic E-state index is 0.150. The van der Waals surface area contributed by atoms with Crippen molar-refractivity contribution in [2.45, 2.75) is 19.9 Å². The molecule has 0 atom stereocenters. The van der Waals surface area contributed by atoms with Crippen molar-refractivity contribution < 1.29 is 4.79 Å². The molecular weight excluding hydrogens is 268 g/mol. The minimum Gasteiger partial charge on any atom is -0.319 e. The maximum Gasteiger partial charge on any atom is 0.228 e. The number of anilines is 1. The molecule has 0 fully saturated rings. The van der Waals surface area contributed by atoms with Gasteiger partial charge in [-0.05, 0) is 37.6 Å². The summed E-state index contributed by atoms with van der Waals surface area (Å²) in [5.74, 6) is 0.150. The number of nitrogens with zero attached hydrogens (tertiary/aromatic N) is 1. The monoisotopic (exact) mass is 288 g/mol. The van der Waals surface area contributed by atoms with E-state index in [0.29, 0.717) is 19.5 Å². The van der Waals surface area contributed by atoms with E-state index in [1.54, 1.807) is 11.3 Å². The highest BCUT2D eigenvalue weighted by Crippen LogP contribution is 2.21. The lowest BCUT2D eigenvalue weighted by atomic mass is 10.2. The molecule has 0 bridgehead atoms. The summed E-state index contributed by atoms with van der Waals surface area (Å²) < 4.78 is 0. The fourth-order valence-corrected chi connectivity index (χ4v) is 2.67. The molecule has 0 aliphatic heterocycles. The fourth-order valence-electron chi connectivity index (χ4n) is 1.97. The lowest BCUT2D eigenvalue weighted by molar-refractivity contribution is -0.118. The Kier molecular flexibility index (Phi) is 5.32. The van der Waals surface area contributed by atoms with E-state index >= 15 is 0 Å². The molecule has 2 rings (SSSR count). The van der Waals surface area contributed by atoms with E-state index in [1.807, 2.05) is 47.7 Å². The highest BCUT2D eigenvalue weighted by molar-refractivity contribution is 7.09. The van der Waals surface area contributed by atoms with Crippen LogP contribution in [0.3, 0.4) is 0 Å². The van der Waals surface area contributed by atoms with Gasteiger partial charge in [0.05, 0.1) is 6.54 Å². The summed E-state index contributed by atoms with van der Waals surface area (Å²) in [5, 5.41) is 5.07. The van der Waals surface area contributed by atoms with E-state index in [2.05, 4.69) is 18.3 Å². The first kappa shape index (κ1) is 14.8. The van der Waals surface area contributed by atoms with Crippen LogP contribution in [0.15, 0.2) is 41.8 Å². The number of hydrogen-bond acceptors (Lipinski definition) is 3. The second-order valence-corrected chi connectivity index (χ2v) is 5.78. The largest absolute Gasteiger partial charge is 0.319 e. The maximum absolute atomic E-state index is 12.4. The van der Waals surface area contributed by atoms with Gasteiger partial charge < -0.3 is 10.2 Å². The Bertz CT molecular complexity index is 534. The zero-order chi connectivity index (χ0) is 14.4. The third-order valence-corrected chi connectivity index (χ3v) is 3.99. The van der Waals surface area contributed by atoms with Gasteiger partial charge >= 0.3 is 0 Å². The summed E-state index contributed by atoms with van der Waals surface area (Å²) in [6.45, 7) is 3.39. The molecule has 0 saturated carbocycles. The van der Waals surface area contributed by atoms with E-state index in [0.717, 1.165) is 5.69 Å². The van der Waals surface area contributed by atoms with Crippen LogP contribution >= 0.6 is 11.3 Å². The zero-order valence-corrected chi connectivity index (χ0v) is 12.7. The molecule has 0 saturated heterocycles. The normalized spacial score (nSPS) is 10.5. The molecule has 3 nitrogen and oxygen atoms in total. The number of carbonyl (C=O) groups excluding carboxylic acids is 1. The third kappa shape index (κ3) is 3.92. The molecular formula is C16H20N2OS. The number of nitrogens with one attached hydrogen (secondary N) is 1. The van der Waals surface area contributed by atoms with Gasteiger partial charge in [-0.3, -0.25) is 4.79 Å². The predicted octanol–water partition coefficient (Wildman–Crippen LogP) is 3.20. The summed E-state index contributed by atoms with van der Waals surface area (Å²) in [7, 11) is 1.86. The number of rotatable bonds is 6. The Balaban J connectivity index is 2.18. The van der Waals surface area contributed by atoms with Crippen LogP contribution in [-0.2, 0) is 11.3 Å². The van der Waals surface area contributed by atoms with Gasteiger partial charge in [-0.2, -0.15) is 0 Å². The van der Waals surface area contributed by atoms with Crippen LogP contribution in [-0.4, -0.2) is 19.5 Å². The van der Waals surface area contributed by atoms with Gasteiger partial charge in [0.2, 0.25) is 5.91 Å². The van der Waals surface area contributed by atoms with Crippen molar-refractivity contribution in [2.24, 2.45) is 0 Å². The van der Waals surface area contributed by atoms with Crippen LogP contribution < -0.4 is 10.2 Å². The summed E-state index contributed by atoms with van der Waals surface area (Å²) in [5.41, 5.74) is 2.16. The Morgan fingerprint density at radius 1 is 1.25 bits per heavy atom. The summed E-state index contributed by atoms with van der Waals surface area (Å²) >= 11 is 1.68. The van der Waals surface area contributed by atoms with Gasteiger partial charge in [0, 0.05) is 23.5 Å². The molecule has 1 aromatic heterocycles. The molecule has 2 aromatic rings. The first-order valence-electron chi connectivity index (χ1n) is 6.74. The van der Waals surface area contributed by atoms with Crippen LogP contribution in [0.1, 0.15) is 16.9 Å². The summed E-state index contributed by atoms with van der Waals surface area (Å²) in [6, 6.07) is 12.2. The molecule has 1 heterocycles. The maximum atomic E-state index is 12.4. The predicted molar refractivity (Wildman–Crippen MR) is 85.2 cm³/mol. The molecule has 106 valence electrons. The van der Waals surface area contributed by atoms with Crippen molar-refractivity contribution in [3.8, 4) is 0 Å². The molecule has 1 aromatic carbocycles. The highest BCUT2D eigenvalue weighted by atomic mass is 32.1. The highest BCUT2D eigenvalue weighted by Gasteiger charge is 2.16. The topological polar surface area (TPSA) is 32.3 Å². The number of thiophene rings is 1. The van der Waals surface area contributed by atoms with E-state index in [1.165, 1.54) is 10.4 Å². The van der Waals surface area contributed by atoms with Crippen molar-refractivity contribution in [2.75, 3.05) is 18.5 Å². The van der Waals surface area contributed by atoms with Gasteiger partial charge in [0.1, 0.15) is 0 Å². The molecule has 4 heteroatoms. The number of hydrogen-bond donors (Lipinski definition) is 1. The van der Waals surface area contributed by atoms with E-state index in [9.17, 15) is 4.79 Å². The number of carbonyl (C=O) groups is 1.